The number of halogens is 2. The van der Waals surface area contributed by atoms with E-state index in [1.54, 1.807) is 18.2 Å². The van der Waals surface area contributed by atoms with Gasteiger partial charge in [0, 0.05) is 17.1 Å². The Morgan fingerprint density at radius 1 is 1.21 bits per heavy atom. The molecule has 0 aliphatic rings. The van der Waals surface area contributed by atoms with Crippen molar-refractivity contribution in [3.8, 4) is 5.75 Å². The largest absolute Gasteiger partial charge is 0.492 e. The van der Waals surface area contributed by atoms with Gasteiger partial charge in [0.05, 0.1) is 17.4 Å². The van der Waals surface area contributed by atoms with Gasteiger partial charge in [-0.3, -0.25) is 4.79 Å². The van der Waals surface area contributed by atoms with Crippen LogP contribution >= 0.6 is 35.0 Å². The molecule has 0 atom stereocenters. The number of amides is 1. The quantitative estimate of drug-likeness (QED) is 0.345. The summed E-state index contributed by atoms with van der Waals surface area (Å²) < 4.78 is 11.2. The van der Waals surface area contributed by atoms with Crippen LogP contribution < -0.4 is 10.1 Å². The van der Waals surface area contributed by atoms with E-state index in [4.69, 9.17) is 32.4 Å². The third kappa shape index (κ3) is 6.96. The third-order valence-corrected chi connectivity index (χ3v) is 5.11. The lowest BCUT2D eigenvalue weighted by Crippen LogP contribution is -2.13. The van der Waals surface area contributed by atoms with Gasteiger partial charge in [-0.15, -0.1) is 10.2 Å². The Morgan fingerprint density at radius 3 is 2.86 bits per heavy atom. The van der Waals surface area contributed by atoms with Gasteiger partial charge >= 0.3 is 0 Å². The van der Waals surface area contributed by atoms with Crippen molar-refractivity contribution in [1.82, 2.24) is 10.2 Å². The molecule has 9 heteroatoms. The number of benzene rings is 2. The van der Waals surface area contributed by atoms with E-state index in [1.165, 1.54) is 11.8 Å². The van der Waals surface area contributed by atoms with E-state index < -0.39 is 0 Å². The first-order valence-corrected chi connectivity index (χ1v) is 10.6. The van der Waals surface area contributed by atoms with Gasteiger partial charge in [0.25, 0.3) is 5.22 Å². The van der Waals surface area contributed by atoms with Crippen LogP contribution in [-0.2, 0) is 11.2 Å². The fourth-order valence-corrected chi connectivity index (χ4v) is 3.49. The minimum atomic E-state index is -0.131. The van der Waals surface area contributed by atoms with Crippen LogP contribution in [0.2, 0.25) is 10.0 Å². The number of aromatic nitrogens is 2. The fourth-order valence-electron chi connectivity index (χ4n) is 2.44. The normalized spacial score (nSPS) is 10.7. The summed E-state index contributed by atoms with van der Waals surface area (Å²) in [6.07, 6.45) is 1.24. The number of aryl methyl sites for hydroxylation is 2. The molecule has 0 radical (unpaired) electrons. The Labute approximate surface area is 182 Å². The maximum absolute atomic E-state index is 12.0. The number of hydrogen-bond acceptors (Lipinski definition) is 6. The fraction of sp³-hybridized carbons (Fsp3) is 0.250. The molecule has 1 aromatic heterocycles. The van der Waals surface area contributed by atoms with Gasteiger partial charge in [-0.05, 0) is 49.2 Å². The Morgan fingerprint density at radius 2 is 2.07 bits per heavy atom. The highest BCUT2D eigenvalue weighted by Crippen LogP contribution is 2.27. The van der Waals surface area contributed by atoms with Crippen LogP contribution in [0.3, 0.4) is 0 Å². The molecule has 29 heavy (non-hydrogen) atoms. The van der Waals surface area contributed by atoms with Crippen molar-refractivity contribution >= 4 is 46.6 Å². The monoisotopic (exact) mass is 451 g/mol. The Balaban J connectivity index is 1.38. The van der Waals surface area contributed by atoms with E-state index in [1.807, 2.05) is 31.2 Å². The molecule has 0 aliphatic carbocycles. The van der Waals surface area contributed by atoms with E-state index >= 15 is 0 Å². The van der Waals surface area contributed by atoms with Crippen LogP contribution in [0.4, 0.5) is 5.69 Å². The van der Waals surface area contributed by atoms with E-state index in [2.05, 4.69) is 15.5 Å². The van der Waals surface area contributed by atoms with Crippen LogP contribution in [-0.4, -0.2) is 28.5 Å². The highest BCUT2D eigenvalue weighted by molar-refractivity contribution is 7.99. The number of nitrogens with zero attached hydrogens (tertiary/aromatic N) is 2. The summed E-state index contributed by atoms with van der Waals surface area (Å²) >= 11 is 13.1. The predicted molar refractivity (Wildman–Crippen MR) is 115 cm³/mol. The molecule has 0 saturated heterocycles. The zero-order valence-electron chi connectivity index (χ0n) is 15.7. The van der Waals surface area contributed by atoms with Gasteiger partial charge in [-0.2, -0.15) is 0 Å². The summed E-state index contributed by atoms with van der Waals surface area (Å²) in [5, 5.41) is 12.2. The van der Waals surface area contributed by atoms with E-state index in [-0.39, 0.29) is 11.7 Å². The summed E-state index contributed by atoms with van der Waals surface area (Å²) in [6, 6.07) is 12.7. The number of ether oxygens (including phenoxy) is 1. The SMILES string of the molecule is Cc1cccc(NC(=O)CSc2nnc(CCCOc3ccc(Cl)cc3Cl)o2)c1. The molecule has 152 valence electrons. The first kappa shape index (κ1) is 21.5. The molecule has 0 saturated carbocycles. The van der Waals surface area contributed by atoms with Gasteiger partial charge in [0.1, 0.15) is 5.75 Å². The lowest BCUT2D eigenvalue weighted by atomic mass is 10.2. The summed E-state index contributed by atoms with van der Waals surface area (Å²) in [7, 11) is 0. The summed E-state index contributed by atoms with van der Waals surface area (Å²) in [5.41, 5.74) is 1.85. The van der Waals surface area contributed by atoms with Crippen LogP contribution in [0.15, 0.2) is 52.1 Å². The van der Waals surface area contributed by atoms with Crippen molar-refractivity contribution in [3.05, 3.63) is 64.0 Å². The van der Waals surface area contributed by atoms with E-state index in [9.17, 15) is 4.79 Å². The number of anilines is 1. The van der Waals surface area contributed by atoms with Crippen LogP contribution in [0.1, 0.15) is 17.9 Å². The molecule has 6 nitrogen and oxygen atoms in total. The molecule has 0 spiro atoms. The van der Waals surface area contributed by atoms with E-state index in [0.29, 0.717) is 46.4 Å². The number of thioether (sulfide) groups is 1. The van der Waals surface area contributed by atoms with Crippen molar-refractivity contribution in [3.63, 3.8) is 0 Å². The van der Waals surface area contributed by atoms with Crippen molar-refractivity contribution in [2.24, 2.45) is 0 Å². The molecule has 0 aliphatic heterocycles. The summed E-state index contributed by atoms with van der Waals surface area (Å²) in [4.78, 5) is 12.0. The zero-order chi connectivity index (χ0) is 20.6. The topological polar surface area (TPSA) is 77.2 Å². The number of carbonyl (C=O) groups excluding carboxylic acids is 1. The molecular weight excluding hydrogens is 433 g/mol. The van der Waals surface area contributed by atoms with Gasteiger partial charge in [0.2, 0.25) is 11.8 Å². The maximum Gasteiger partial charge on any atom is 0.277 e. The molecule has 2 aromatic carbocycles. The number of carbonyl (C=O) groups is 1. The summed E-state index contributed by atoms with van der Waals surface area (Å²) in [6.45, 7) is 2.42. The van der Waals surface area contributed by atoms with Crippen LogP contribution in [0, 0.1) is 6.92 Å². The second kappa shape index (κ2) is 10.5. The van der Waals surface area contributed by atoms with Crippen LogP contribution in [0.5, 0.6) is 5.75 Å². The second-order valence-corrected chi connectivity index (χ2v) is 7.97. The molecule has 0 bridgehead atoms. The number of hydrogen-bond donors (Lipinski definition) is 1. The molecule has 1 N–H and O–H groups in total. The average Bonchev–Trinajstić information content (AvgIpc) is 3.13. The molecule has 3 aromatic rings. The van der Waals surface area contributed by atoms with Crippen molar-refractivity contribution in [2.75, 3.05) is 17.7 Å². The Kier molecular flexibility index (Phi) is 7.80. The smallest absolute Gasteiger partial charge is 0.277 e. The highest BCUT2D eigenvalue weighted by atomic mass is 35.5. The van der Waals surface area contributed by atoms with Gasteiger partial charge in [-0.1, -0.05) is 47.1 Å². The number of nitrogens with one attached hydrogen (secondary N) is 1. The van der Waals surface area contributed by atoms with Gasteiger partial charge in [-0.25, -0.2) is 0 Å². The van der Waals surface area contributed by atoms with Crippen molar-refractivity contribution in [2.45, 2.75) is 25.0 Å². The van der Waals surface area contributed by atoms with Crippen molar-refractivity contribution in [1.29, 1.82) is 0 Å². The lowest BCUT2D eigenvalue weighted by Gasteiger charge is -2.07. The van der Waals surface area contributed by atoms with Crippen LogP contribution in [0.25, 0.3) is 0 Å². The standard InChI is InChI=1S/C20H19Cl2N3O3S/c1-13-4-2-5-15(10-13)23-18(26)12-29-20-25-24-19(28-20)6-3-9-27-17-8-7-14(21)11-16(17)22/h2,4-5,7-8,10-11H,3,6,9,12H2,1H3,(H,23,26). The number of rotatable bonds is 9. The zero-order valence-corrected chi connectivity index (χ0v) is 18.0. The molecule has 3 rings (SSSR count). The van der Waals surface area contributed by atoms with Gasteiger partial charge in [0.15, 0.2) is 0 Å². The minimum absolute atomic E-state index is 0.131. The molecule has 1 heterocycles. The third-order valence-electron chi connectivity index (χ3n) is 3.76. The van der Waals surface area contributed by atoms with Crippen molar-refractivity contribution < 1.29 is 13.9 Å². The predicted octanol–water partition coefficient (Wildman–Crippen LogP) is 5.43. The summed E-state index contributed by atoms with van der Waals surface area (Å²) in [5.74, 6) is 1.14. The molecular formula is C20H19Cl2N3O3S. The second-order valence-electron chi connectivity index (χ2n) is 6.19. The average molecular weight is 452 g/mol. The Hall–Kier alpha value is -2.22. The lowest BCUT2D eigenvalue weighted by molar-refractivity contribution is -0.113. The maximum atomic E-state index is 12.0. The van der Waals surface area contributed by atoms with E-state index in [0.717, 1.165) is 11.3 Å². The first-order chi connectivity index (χ1) is 14.0. The highest BCUT2D eigenvalue weighted by Gasteiger charge is 2.10. The Bertz CT molecular complexity index is 981. The van der Waals surface area contributed by atoms with Gasteiger partial charge < -0.3 is 14.5 Å². The molecule has 0 unspecified atom stereocenters. The first-order valence-electron chi connectivity index (χ1n) is 8.89. The molecule has 1 amide bonds. The minimum Gasteiger partial charge on any atom is -0.492 e. The molecule has 0 fully saturated rings.